The van der Waals surface area contributed by atoms with E-state index in [1.54, 1.807) is 0 Å². The summed E-state index contributed by atoms with van der Waals surface area (Å²) in [4.78, 5) is 2.67. The Morgan fingerprint density at radius 3 is 2.79 bits per heavy atom. The third-order valence-corrected chi connectivity index (χ3v) is 7.47. The van der Waals surface area contributed by atoms with Crippen LogP contribution < -0.4 is 9.47 Å². The van der Waals surface area contributed by atoms with Crippen molar-refractivity contribution in [1.29, 1.82) is 0 Å². The highest BCUT2D eigenvalue weighted by molar-refractivity contribution is 5.55. The minimum atomic E-state index is 0.199. The van der Waals surface area contributed by atoms with Gasteiger partial charge in [0, 0.05) is 30.1 Å². The van der Waals surface area contributed by atoms with Crippen molar-refractivity contribution in [1.82, 2.24) is 4.90 Å². The van der Waals surface area contributed by atoms with E-state index >= 15 is 0 Å². The molecule has 2 aliphatic carbocycles. The van der Waals surface area contributed by atoms with Crippen LogP contribution in [0.25, 0.3) is 0 Å². The highest BCUT2D eigenvalue weighted by Crippen LogP contribution is 2.57. The number of hydrogen-bond acceptors (Lipinski definition) is 3. The smallest absolute Gasteiger partial charge is 0.165 e. The van der Waals surface area contributed by atoms with Crippen LogP contribution in [-0.2, 0) is 12.0 Å². The highest BCUT2D eigenvalue weighted by atomic mass is 16.5. The largest absolute Gasteiger partial charge is 0.489 e. The van der Waals surface area contributed by atoms with E-state index in [-0.39, 0.29) is 11.5 Å². The number of nitrogens with zero attached hydrogens (tertiary/aromatic N) is 1. The fraction of sp³-hybridized carbons (Fsp3) is 0.520. The van der Waals surface area contributed by atoms with E-state index in [0.29, 0.717) is 6.04 Å². The van der Waals surface area contributed by atoms with Gasteiger partial charge in [0.2, 0.25) is 0 Å². The van der Waals surface area contributed by atoms with E-state index in [1.165, 1.54) is 49.7 Å². The maximum Gasteiger partial charge on any atom is 0.165 e. The Bertz CT molecular complexity index is 862. The predicted octanol–water partition coefficient (Wildman–Crippen LogP) is 4.93. The van der Waals surface area contributed by atoms with Crippen LogP contribution in [0.15, 0.2) is 48.5 Å². The fourth-order valence-electron chi connectivity index (χ4n) is 5.78. The van der Waals surface area contributed by atoms with Crippen LogP contribution in [0.4, 0.5) is 0 Å². The minimum Gasteiger partial charge on any atom is -0.489 e. The summed E-state index contributed by atoms with van der Waals surface area (Å²) < 4.78 is 12.9. The first kappa shape index (κ1) is 16.9. The van der Waals surface area contributed by atoms with Crippen LogP contribution in [0, 0.1) is 5.92 Å². The third-order valence-electron chi connectivity index (χ3n) is 7.47. The van der Waals surface area contributed by atoms with Gasteiger partial charge in [-0.2, -0.15) is 0 Å². The van der Waals surface area contributed by atoms with Gasteiger partial charge in [0.05, 0.1) is 6.61 Å². The lowest BCUT2D eigenvalue weighted by Gasteiger charge is -2.51. The SMILES string of the molecule is c1ccc(CN2C[C@@H]3Oc4c(OCC5CC5)cccc4[C@@]34CCC[C@H]2C4)cc1. The zero-order chi connectivity index (χ0) is 18.6. The van der Waals surface area contributed by atoms with Gasteiger partial charge in [0.15, 0.2) is 11.5 Å². The summed E-state index contributed by atoms with van der Waals surface area (Å²) in [6.45, 7) is 2.90. The number of para-hydroxylation sites is 1. The van der Waals surface area contributed by atoms with Gasteiger partial charge < -0.3 is 9.47 Å². The van der Waals surface area contributed by atoms with E-state index in [1.807, 2.05) is 0 Å². The van der Waals surface area contributed by atoms with Gasteiger partial charge in [-0.25, -0.2) is 0 Å². The van der Waals surface area contributed by atoms with Crippen molar-refractivity contribution in [3.8, 4) is 11.5 Å². The predicted molar refractivity (Wildman–Crippen MR) is 110 cm³/mol. The van der Waals surface area contributed by atoms with Crippen molar-refractivity contribution in [3.63, 3.8) is 0 Å². The second-order valence-corrected chi connectivity index (χ2v) is 9.32. The molecule has 1 spiro atoms. The molecule has 2 bridgehead atoms. The van der Waals surface area contributed by atoms with Gasteiger partial charge in [-0.05, 0) is 49.7 Å². The van der Waals surface area contributed by atoms with E-state index in [4.69, 9.17) is 9.47 Å². The Kier molecular flexibility index (Phi) is 3.94. The normalized spacial score (nSPS) is 31.0. The first-order valence-corrected chi connectivity index (χ1v) is 11.0. The maximum absolute atomic E-state index is 6.67. The summed E-state index contributed by atoms with van der Waals surface area (Å²) in [7, 11) is 0. The number of hydrogen-bond donors (Lipinski definition) is 0. The van der Waals surface area contributed by atoms with E-state index < -0.39 is 0 Å². The van der Waals surface area contributed by atoms with Crippen LogP contribution >= 0.6 is 0 Å². The topological polar surface area (TPSA) is 21.7 Å². The molecule has 3 atom stereocenters. The molecule has 146 valence electrons. The molecule has 3 heteroatoms. The first-order valence-electron chi connectivity index (χ1n) is 11.0. The Labute approximate surface area is 167 Å². The number of piperidine rings is 1. The van der Waals surface area contributed by atoms with Gasteiger partial charge in [0.25, 0.3) is 0 Å². The van der Waals surface area contributed by atoms with E-state index in [0.717, 1.165) is 37.1 Å². The Morgan fingerprint density at radius 1 is 1.04 bits per heavy atom. The van der Waals surface area contributed by atoms with Gasteiger partial charge in [-0.1, -0.05) is 48.9 Å². The van der Waals surface area contributed by atoms with Crippen LogP contribution in [0.1, 0.15) is 49.7 Å². The molecule has 6 rings (SSSR count). The number of likely N-dealkylation sites (tertiary alicyclic amines) is 1. The van der Waals surface area contributed by atoms with Crippen molar-refractivity contribution in [2.24, 2.45) is 5.92 Å². The molecule has 0 aromatic heterocycles. The molecule has 2 aromatic carbocycles. The van der Waals surface area contributed by atoms with Gasteiger partial charge in [0.1, 0.15) is 6.10 Å². The lowest BCUT2D eigenvalue weighted by Crippen LogP contribution is -2.59. The van der Waals surface area contributed by atoms with Crippen LogP contribution in [-0.4, -0.2) is 30.2 Å². The molecular weight excluding hydrogens is 346 g/mol. The summed E-state index contributed by atoms with van der Waals surface area (Å²) in [5.74, 6) is 2.79. The second-order valence-electron chi connectivity index (χ2n) is 9.32. The Hall–Kier alpha value is -2.00. The summed E-state index contributed by atoms with van der Waals surface area (Å²) >= 11 is 0. The van der Waals surface area contributed by atoms with Crippen molar-refractivity contribution >= 4 is 0 Å². The van der Waals surface area contributed by atoms with Crippen LogP contribution in [0.3, 0.4) is 0 Å². The third kappa shape index (κ3) is 2.75. The molecule has 0 amide bonds. The van der Waals surface area contributed by atoms with E-state index in [9.17, 15) is 0 Å². The number of benzene rings is 2. The number of rotatable bonds is 5. The molecule has 2 saturated carbocycles. The summed E-state index contributed by atoms with van der Waals surface area (Å²) in [6.07, 6.45) is 7.98. The van der Waals surface area contributed by atoms with Gasteiger partial charge >= 0.3 is 0 Å². The van der Waals surface area contributed by atoms with Gasteiger partial charge in [-0.15, -0.1) is 0 Å². The zero-order valence-electron chi connectivity index (χ0n) is 16.5. The molecule has 1 saturated heterocycles. The monoisotopic (exact) mass is 375 g/mol. The maximum atomic E-state index is 6.67. The zero-order valence-corrected chi connectivity index (χ0v) is 16.5. The molecule has 0 N–H and O–H groups in total. The van der Waals surface area contributed by atoms with Crippen molar-refractivity contribution in [3.05, 3.63) is 59.7 Å². The van der Waals surface area contributed by atoms with Crippen molar-refractivity contribution in [2.75, 3.05) is 13.2 Å². The summed E-state index contributed by atoms with van der Waals surface area (Å²) in [6, 6.07) is 18.2. The lowest BCUT2D eigenvalue weighted by molar-refractivity contribution is -0.0260. The van der Waals surface area contributed by atoms with Crippen molar-refractivity contribution in [2.45, 2.75) is 62.6 Å². The number of fused-ring (bicyclic) bond motifs is 2. The van der Waals surface area contributed by atoms with Crippen LogP contribution in [0.5, 0.6) is 11.5 Å². The molecule has 2 aliphatic heterocycles. The molecule has 4 aliphatic rings. The number of ether oxygens (including phenoxy) is 2. The Balaban J connectivity index is 1.29. The molecule has 2 heterocycles. The second kappa shape index (κ2) is 6.52. The molecule has 0 radical (unpaired) electrons. The average molecular weight is 376 g/mol. The molecule has 2 aromatic rings. The highest BCUT2D eigenvalue weighted by Gasteiger charge is 2.56. The van der Waals surface area contributed by atoms with Gasteiger partial charge in [-0.3, -0.25) is 4.90 Å². The van der Waals surface area contributed by atoms with Crippen LogP contribution in [0.2, 0.25) is 0 Å². The molecule has 0 unspecified atom stereocenters. The average Bonchev–Trinajstić information content (AvgIpc) is 3.51. The van der Waals surface area contributed by atoms with Crippen molar-refractivity contribution < 1.29 is 9.47 Å². The minimum absolute atomic E-state index is 0.199. The molecule has 3 fully saturated rings. The first-order chi connectivity index (χ1) is 13.8. The quantitative estimate of drug-likeness (QED) is 0.739. The summed E-state index contributed by atoms with van der Waals surface area (Å²) in [5, 5.41) is 0. The summed E-state index contributed by atoms with van der Waals surface area (Å²) in [5.41, 5.74) is 3.03. The molecule has 28 heavy (non-hydrogen) atoms. The Morgan fingerprint density at radius 2 is 1.93 bits per heavy atom. The lowest BCUT2D eigenvalue weighted by atomic mass is 9.63. The fourth-order valence-corrected chi connectivity index (χ4v) is 5.78. The molecule has 3 nitrogen and oxygen atoms in total. The molecular formula is C25H29NO2. The standard InChI is InChI=1S/C25H29NO2/c1-2-6-18(7-3-1)15-26-16-23-25(13-5-8-20(26)14-25)21-9-4-10-22(24(21)28-23)27-17-19-11-12-19/h1-4,6-7,9-10,19-20,23H,5,8,11-17H2/t20-,23-,25-/m0/s1. The van der Waals surface area contributed by atoms with E-state index in [2.05, 4.69) is 53.4 Å².